The van der Waals surface area contributed by atoms with Gasteiger partial charge in [0.1, 0.15) is 29.1 Å². The van der Waals surface area contributed by atoms with Crippen LogP contribution in [0.5, 0.6) is 0 Å². The van der Waals surface area contributed by atoms with Gasteiger partial charge in [-0.15, -0.1) is 0 Å². The zero-order chi connectivity index (χ0) is 14.6. The Balaban J connectivity index is 2.98. The number of methoxy groups -OCH3 is 1. The highest BCUT2D eigenvalue weighted by molar-refractivity contribution is 5.97. The molecule has 0 unspecified atom stereocenters. The van der Waals surface area contributed by atoms with E-state index in [-0.39, 0.29) is 6.42 Å². The second-order valence-electron chi connectivity index (χ2n) is 3.70. The summed E-state index contributed by atoms with van der Waals surface area (Å²) in [6.45, 7) is 1.58. The molecule has 0 saturated heterocycles. The molecule has 19 heavy (non-hydrogen) atoms. The molecule has 1 atom stereocenters. The average Bonchev–Trinajstić information content (AvgIpc) is 2.33. The minimum absolute atomic E-state index is 0.183. The minimum atomic E-state index is -1.34. The van der Waals surface area contributed by atoms with E-state index in [9.17, 15) is 22.8 Å². The van der Waals surface area contributed by atoms with Crippen molar-refractivity contribution in [3.05, 3.63) is 35.1 Å². The first-order chi connectivity index (χ1) is 8.90. The lowest BCUT2D eigenvalue weighted by Gasteiger charge is -2.15. The number of hydrogen-bond acceptors (Lipinski definition) is 3. The van der Waals surface area contributed by atoms with Crippen LogP contribution >= 0.6 is 0 Å². The van der Waals surface area contributed by atoms with Crippen LogP contribution in [-0.4, -0.2) is 25.0 Å². The van der Waals surface area contributed by atoms with E-state index < -0.39 is 40.9 Å². The van der Waals surface area contributed by atoms with Crippen molar-refractivity contribution in [1.82, 2.24) is 5.32 Å². The van der Waals surface area contributed by atoms with Crippen molar-refractivity contribution in [2.24, 2.45) is 0 Å². The molecule has 0 bridgehead atoms. The zero-order valence-electron chi connectivity index (χ0n) is 10.3. The van der Waals surface area contributed by atoms with Crippen LogP contribution in [0, 0.1) is 17.5 Å². The molecule has 7 heteroatoms. The molecule has 1 rings (SSSR count). The molecular formula is C12H12F3NO3. The number of carbonyl (C=O) groups is 2. The van der Waals surface area contributed by atoms with Crippen LogP contribution in [0.2, 0.25) is 0 Å². The topological polar surface area (TPSA) is 55.4 Å². The summed E-state index contributed by atoms with van der Waals surface area (Å²) in [4.78, 5) is 22.9. The van der Waals surface area contributed by atoms with E-state index in [1.165, 1.54) is 0 Å². The maximum absolute atomic E-state index is 13.3. The number of nitrogens with one attached hydrogen (secondary N) is 1. The van der Waals surface area contributed by atoms with Gasteiger partial charge in [0.15, 0.2) is 0 Å². The first-order valence-corrected chi connectivity index (χ1v) is 5.43. The third-order valence-corrected chi connectivity index (χ3v) is 2.43. The SMILES string of the molecule is CC[C@H](NC(=O)c1c(F)cc(F)cc1F)C(=O)OC. The lowest BCUT2D eigenvalue weighted by Crippen LogP contribution is -2.41. The molecule has 1 aromatic carbocycles. The Morgan fingerprint density at radius 2 is 1.79 bits per heavy atom. The molecule has 0 heterocycles. The Morgan fingerprint density at radius 1 is 1.26 bits per heavy atom. The van der Waals surface area contributed by atoms with Crippen LogP contribution in [0.1, 0.15) is 23.7 Å². The molecular weight excluding hydrogens is 263 g/mol. The summed E-state index contributed by atoms with van der Waals surface area (Å²) in [5.41, 5.74) is -0.941. The maximum atomic E-state index is 13.3. The fraction of sp³-hybridized carbons (Fsp3) is 0.333. The number of hydrogen-bond donors (Lipinski definition) is 1. The number of carbonyl (C=O) groups excluding carboxylic acids is 2. The van der Waals surface area contributed by atoms with E-state index in [0.29, 0.717) is 12.1 Å². The van der Waals surface area contributed by atoms with E-state index in [1.807, 2.05) is 0 Å². The van der Waals surface area contributed by atoms with Gasteiger partial charge in [0.05, 0.1) is 7.11 Å². The lowest BCUT2D eigenvalue weighted by molar-refractivity contribution is -0.142. The van der Waals surface area contributed by atoms with Gasteiger partial charge in [-0.05, 0) is 6.42 Å². The van der Waals surface area contributed by atoms with Crippen LogP contribution in [0.15, 0.2) is 12.1 Å². The Hall–Kier alpha value is -2.05. The summed E-state index contributed by atoms with van der Waals surface area (Å²) in [5, 5.41) is 2.12. The van der Waals surface area contributed by atoms with E-state index in [0.717, 1.165) is 7.11 Å². The first kappa shape index (κ1) is 15.0. The lowest BCUT2D eigenvalue weighted by atomic mass is 10.1. The Kier molecular flexibility index (Phi) is 4.91. The van der Waals surface area contributed by atoms with Crippen molar-refractivity contribution in [2.75, 3.05) is 7.11 Å². The van der Waals surface area contributed by atoms with Gasteiger partial charge in [-0.2, -0.15) is 0 Å². The summed E-state index contributed by atoms with van der Waals surface area (Å²) in [6.07, 6.45) is 0.183. The number of ether oxygens (including phenoxy) is 1. The molecule has 4 nitrogen and oxygen atoms in total. The smallest absolute Gasteiger partial charge is 0.328 e. The summed E-state index contributed by atoms with van der Waals surface area (Å²) in [5.74, 6) is -5.69. The van der Waals surface area contributed by atoms with Crippen LogP contribution < -0.4 is 5.32 Å². The van der Waals surface area contributed by atoms with Gasteiger partial charge in [0.25, 0.3) is 5.91 Å². The molecule has 0 radical (unpaired) electrons. The van der Waals surface area contributed by atoms with Crippen LogP contribution in [0.25, 0.3) is 0 Å². The first-order valence-electron chi connectivity index (χ1n) is 5.43. The molecule has 0 aliphatic rings. The van der Waals surface area contributed by atoms with Crippen molar-refractivity contribution >= 4 is 11.9 Å². The highest BCUT2D eigenvalue weighted by atomic mass is 19.1. The molecule has 0 saturated carbocycles. The van der Waals surface area contributed by atoms with Gasteiger partial charge in [-0.3, -0.25) is 4.79 Å². The molecule has 1 aromatic rings. The third kappa shape index (κ3) is 3.46. The normalized spacial score (nSPS) is 11.8. The number of rotatable bonds is 4. The molecule has 0 aliphatic heterocycles. The van der Waals surface area contributed by atoms with Crippen molar-refractivity contribution in [3.8, 4) is 0 Å². The van der Waals surface area contributed by atoms with Gasteiger partial charge in [0, 0.05) is 12.1 Å². The Labute approximate surface area is 107 Å². The number of esters is 1. The van der Waals surface area contributed by atoms with Crippen LogP contribution in [0.3, 0.4) is 0 Å². The zero-order valence-corrected chi connectivity index (χ0v) is 10.3. The van der Waals surface area contributed by atoms with Gasteiger partial charge in [0.2, 0.25) is 0 Å². The monoisotopic (exact) mass is 275 g/mol. The average molecular weight is 275 g/mol. The van der Waals surface area contributed by atoms with Gasteiger partial charge in [-0.1, -0.05) is 6.92 Å². The fourth-order valence-corrected chi connectivity index (χ4v) is 1.46. The molecule has 0 aromatic heterocycles. The van der Waals surface area contributed by atoms with Gasteiger partial charge in [-0.25, -0.2) is 18.0 Å². The summed E-state index contributed by atoms with van der Waals surface area (Å²) in [7, 11) is 1.12. The highest BCUT2D eigenvalue weighted by Gasteiger charge is 2.24. The number of halogens is 3. The number of amides is 1. The van der Waals surface area contributed by atoms with Crippen molar-refractivity contribution in [3.63, 3.8) is 0 Å². The van der Waals surface area contributed by atoms with E-state index in [4.69, 9.17) is 0 Å². The summed E-state index contributed by atoms with van der Waals surface area (Å²) in [6, 6.07) is -0.255. The highest BCUT2D eigenvalue weighted by Crippen LogP contribution is 2.15. The largest absolute Gasteiger partial charge is 0.467 e. The second kappa shape index (κ2) is 6.21. The van der Waals surface area contributed by atoms with E-state index in [1.54, 1.807) is 6.92 Å². The maximum Gasteiger partial charge on any atom is 0.328 e. The van der Waals surface area contributed by atoms with Gasteiger partial charge < -0.3 is 10.1 Å². The molecule has 0 spiro atoms. The van der Waals surface area contributed by atoms with Crippen LogP contribution in [0.4, 0.5) is 13.2 Å². The van der Waals surface area contributed by atoms with E-state index in [2.05, 4.69) is 10.1 Å². The summed E-state index contributed by atoms with van der Waals surface area (Å²) < 4.78 is 43.8. The Bertz CT molecular complexity index is 482. The van der Waals surface area contributed by atoms with Crippen molar-refractivity contribution in [2.45, 2.75) is 19.4 Å². The molecule has 1 N–H and O–H groups in total. The van der Waals surface area contributed by atoms with Gasteiger partial charge >= 0.3 is 5.97 Å². The third-order valence-electron chi connectivity index (χ3n) is 2.43. The minimum Gasteiger partial charge on any atom is -0.467 e. The molecule has 0 aliphatic carbocycles. The standard InChI is InChI=1S/C12H12F3NO3/c1-3-9(12(18)19-2)16-11(17)10-7(14)4-6(13)5-8(10)15/h4-5,9H,3H2,1-2H3,(H,16,17)/t9-/m0/s1. The predicted molar refractivity (Wildman–Crippen MR) is 59.9 cm³/mol. The van der Waals surface area contributed by atoms with Crippen molar-refractivity contribution < 1.29 is 27.5 Å². The van der Waals surface area contributed by atoms with Crippen molar-refractivity contribution in [1.29, 1.82) is 0 Å². The Morgan fingerprint density at radius 3 is 2.21 bits per heavy atom. The molecule has 104 valence electrons. The fourth-order valence-electron chi connectivity index (χ4n) is 1.46. The molecule has 0 fully saturated rings. The molecule has 1 amide bonds. The summed E-state index contributed by atoms with van der Waals surface area (Å²) >= 11 is 0. The number of benzene rings is 1. The second-order valence-corrected chi connectivity index (χ2v) is 3.70. The van der Waals surface area contributed by atoms with Crippen LogP contribution in [-0.2, 0) is 9.53 Å². The quantitative estimate of drug-likeness (QED) is 0.852. The predicted octanol–water partition coefficient (Wildman–Crippen LogP) is 1.79. The van der Waals surface area contributed by atoms with E-state index >= 15 is 0 Å².